The molecule has 1 aliphatic heterocycles. The largest absolute Gasteiger partial charge is 0.497 e. The zero-order valence-corrected chi connectivity index (χ0v) is 12.6. The van der Waals surface area contributed by atoms with Gasteiger partial charge < -0.3 is 19.3 Å². The fourth-order valence-electron chi connectivity index (χ4n) is 2.14. The van der Waals surface area contributed by atoms with E-state index in [1.807, 2.05) is 24.3 Å². The topological polar surface area (TPSA) is 69.4 Å². The number of ether oxygens (including phenoxy) is 2. The van der Waals surface area contributed by atoms with Gasteiger partial charge in [-0.05, 0) is 24.3 Å². The minimum Gasteiger partial charge on any atom is -0.497 e. The molecule has 0 spiro atoms. The fourth-order valence-corrected chi connectivity index (χ4v) is 2.14. The molecule has 2 aromatic rings. The first-order chi connectivity index (χ1) is 9.85. The molecule has 1 fully saturated rings. The maximum atomic E-state index is 5.62. The van der Waals surface area contributed by atoms with E-state index in [9.17, 15) is 0 Å². The summed E-state index contributed by atoms with van der Waals surface area (Å²) in [6.45, 7) is 2.45. The predicted octanol–water partition coefficient (Wildman–Crippen LogP) is 1.70. The quantitative estimate of drug-likeness (QED) is 0.927. The molecule has 7 heteroatoms. The predicted molar refractivity (Wildman–Crippen MR) is 79.8 cm³/mol. The van der Waals surface area contributed by atoms with Gasteiger partial charge in [0.25, 0.3) is 0 Å². The highest BCUT2D eigenvalue weighted by Gasteiger charge is 2.18. The summed E-state index contributed by atoms with van der Waals surface area (Å²) in [5, 5.41) is 7.28. The van der Waals surface area contributed by atoms with E-state index in [4.69, 9.17) is 14.0 Å². The Morgan fingerprint density at radius 1 is 1.33 bits per heavy atom. The highest BCUT2D eigenvalue weighted by atomic mass is 35.5. The lowest BCUT2D eigenvalue weighted by molar-refractivity contribution is 0.0246. The van der Waals surface area contributed by atoms with Crippen LogP contribution in [0.2, 0.25) is 0 Å². The highest BCUT2D eigenvalue weighted by Crippen LogP contribution is 2.20. The van der Waals surface area contributed by atoms with Gasteiger partial charge in [-0.15, -0.1) is 12.4 Å². The number of hydrogen-bond donors (Lipinski definition) is 1. The summed E-state index contributed by atoms with van der Waals surface area (Å²) in [6.07, 6.45) is 0.740. The number of halogens is 1. The van der Waals surface area contributed by atoms with Gasteiger partial charge in [-0.25, -0.2) is 0 Å². The van der Waals surface area contributed by atoms with Crippen LogP contribution in [-0.2, 0) is 11.2 Å². The molecule has 21 heavy (non-hydrogen) atoms. The summed E-state index contributed by atoms with van der Waals surface area (Å²) in [5.74, 6) is 2.00. The number of morpholine rings is 1. The van der Waals surface area contributed by atoms with Crippen LogP contribution in [0, 0.1) is 0 Å². The van der Waals surface area contributed by atoms with Gasteiger partial charge in [0.2, 0.25) is 11.7 Å². The second kappa shape index (κ2) is 7.40. The van der Waals surface area contributed by atoms with Crippen LogP contribution in [0.25, 0.3) is 11.4 Å². The van der Waals surface area contributed by atoms with E-state index in [2.05, 4.69) is 15.5 Å². The van der Waals surface area contributed by atoms with Crippen LogP contribution >= 0.6 is 12.4 Å². The van der Waals surface area contributed by atoms with Crippen molar-refractivity contribution in [1.29, 1.82) is 0 Å². The summed E-state index contributed by atoms with van der Waals surface area (Å²) in [6, 6.07) is 7.57. The number of rotatable bonds is 4. The first-order valence-electron chi connectivity index (χ1n) is 6.64. The van der Waals surface area contributed by atoms with Gasteiger partial charge >= 0.3 is 0 Å². The van der Waals surface area contributed by atoms with Gasteiger partial charge in [-0.1, -0.05) is 5.16 Å². The molecule has 0 radical (unpaired) electrons. The third-order valence-electron chi connectivity index (χ3n) is 3.22. The summed E-state index contributed by atoms with van der Waals surface area (Å²) < 4.78 is 16.0. The number of hydrogen-bond acceptors (Lipinski definition) is 6. The van der Waals surface area contributed by atoms with E-state index in [1.165, 1.54) is 0 Å². The average Bonchev–Trinajstić information content (AvgIpc) is 2.97. The van der Waals surface area contributed by atoms with Crippen molar-refractivity contribution < 1.29 is 14.0 Å². The molecule has 2 heterocycles. The standard InChI is InChI=1S/C14H17N3O3.ClH/c1-18-11-4-2-10(3-5-11)14-16-13(20-17-14)8-12-9-15-6-7-19-12;/h2-5,12,15H,6-9H2,1H3;1H. The number of nitrogens with zero attached hydrogens (tertiary/aromatic N) is 2. The van der Waals surface area contributed by atoms with Crippen molar-refractivity contribution in [3.05, 3.63) is 30.2 Å². The van der Waals surface area contributed by atoms with Crippen LogP contribution in [0.1, 0.15) is 5.89 Å². The zero-order valence-electron chi connectivity index (χ0n) is 11.7. The minimum absolute atomic E-state index is 0. The Morgan fingerprint density at radius 2 is 2.14 bits per heavy atom. The smallest absolute Gasteiger partial charge is 0.229 e. The molecule has 0 bridgehead atoms. The minimum atomic E-state index is 0. The van der Waals surface area contributed by atoms with Crippen molar-refractivity contribution in [2.45, 2.75) is 12.5 Å². The lowest BCUT2D eigenvalue weighted by atomic mass is 10.2. The van der Waals surface area contributed by atoms with Crippen molar-refractivity contribution in [1.82, 2.24) is 15.5 Å². The highest BCUT2D eigenvalue weighted by molar-refractivity contribution is 5.85. The van der Waals surface area contributed by atoms with Gasteiger partial charge in [0.15, 0.2) is 0 Å². The number of methoxy groups -OCH3 is 1. The van der Waals surface area contributed by atoms with Gasteiger partial charge in [-0.2, -0.15) is 4.98 Å². The van der Waals surface area contributed by atoms with E-state index in [1.54, 1.807) is 7.11 Å². The second-order valence-electron chi connectivity index (χ2n) is 4.64. The van der Waals surface area contributed by atoms with E-state index < -0.39 is 0 Å². The van der Waals surface area contributed by atoms with Crippen LogP contribution in [-0.4, -0.2) is 43.1 Å². The lowest BCUT2D eigenvalue weighted by Gasteiger charge is -2.21. The molecule has 1 unspecified atom stereocenters. The molecule has 1 aliphatic rings. The maximum absolute atomic E-state index is 5.62. The Labute approximate surface area is 129 Å². The third kappa shape index (κ3) is 3.93. The molecule has 0 saturated carbocycles. The van der Waals surface area contributed by atoms with Crippen molar-refractivity contribution in [2.75, 3.05) is 26.8 Å². The molecule has 0 amide bonds. The molecular weight excluding hydrogens is 294 g/mol. The molecule has 1 atom stereocenters. The van der Waals surface area contributed by atoms with Crippen molar-refractivity contribution in [2.24, 2.45) is 0 Å². The molecular formula is C14H18ClN3O3. The van der Waals surface area contributed by atoms with Crippen LogP contribution < -0.4 is 10.1 Å². The average molecular weight is 312 g/mol. The fraction of sp³-hybridized carbons (Fsp3) is 0.429. The van der Waals surface area contributed by atoms with Gasteiger partial charge in [0.05, 0.1) is 26.2 Å². The Hall–Kier alpha value is -1.63. The maximum Gasteiger partial charge on any atom is 0.229 e. The molecule has 0 aliphatic carbocycles. The Bertz CT molecular complexity index is 553. The van der Waals surface area contributed by atoms with Gasteiger partial charge in [0, 0.05) is 18.7 Å². The Balaban J connectivity index is 0.00000161. The monoisotopic (exact) mass is 311 g/mol. The lowest BCUT2D eigenvalue weighted by Crippen LogP contribution is -2.39. The second-order valence-corrected chi connectivity index (χ2v) is 4.64. The van der Waals surface area contributed by atoms with Gasteiger partial charge in [-0.3, -0.25) is 0 Å². The van der Waals surface area contributed by atoms with E-state index in [0.717, 1.165) is 31.0 Å². The van der Waals surface area contributed by atoms with Crippen LogP contribution in [0.4, 0.5) is 0 Å². The van der Waals surface area contributed by atoms with E-state index in [-0.39, 0.29) is 18.5 Å². The molecule has 114 valence electrons. The van der Waals surface area contributed by atoms with Crippen molar-refractivity contribution in [3.63, 3.8) is 0 Å². The summed E-state index contributed by atoms with van der Waals surface area (Å²) >= 11 is 0. The van der Waals surface area contributed by atoms with Crippen LogP contribution in [0.5, 0.6) is 5.75 Å². The van der Waals surface area contributed by atoms with Crippen molar-refractivity contribution >= 4 is 12.4 Å². The Morgan fingerprint density at radius 3 is 2.81 bits per heavy atom. The Kier molecular flexibility index (Phi) is 5.55. The number of aromatic nitrogens is 2. The van der Waals surface area contributed by atoms with Gasteiger partial charge in [0.1, 0.15) is 5.75 Å². The summed E-state index contributed by atoms with van der Waals surface area (Å²) in [7, 11) is 1.64. The summed E-state index contributed by atoms with van der Waals surface area (Å²) in [5.41, 5.74) is 0.906. The molecule has 3 rings (SSSR count). The van der Waals surface area contributed by atoms with E-state index in [0.29, 0.717) is 18.1 Å². The molecule has 1 aromatic carbocycles. The van der Waals surface area contributed by atoms with Crippen LogP contribution in [0.3, 0.4) is 0 Å². The molecule has 1 saturated heterocycles. The normalized spacial score (nSPS) is 18.0. The third-order valence-corrected chi connectivity index (χ3v) is 3.22. The first kappa shape index (κ1) is 15.8. The molecule has 6 nitrogen and oxygen atoms in total. The zero-order chi connectivity index (χ0) is 13.8. The number of nitrogens with one attached hydrogen (secondary N) is 1. The summed E-state index contributed by atoms with van der Waals surface area (Å²) in [4.78, 5) is 4.40. The van der Waals surface area contributed by atoms with Crippen LogP contribution in [0.15, 0.2) is 28.8 Å². The first-order valence-corrected chi connectivity index (χ1v) is 6.64. The SMILES string of the molecule is COc1ccc(-c2noc(CC3CNCCO3)n2)cc1.Cl. The van der Waals surface area contributed by atoms with E-state index >= 15 is 0 Å². The van der Waals surface area contributed by atoms with Crippen molar-refractivity contribution in [3.8, 4) is 17.1 Å². The number of benzene rings is 1. The molecule has 1 N–H and O–H groups in total. The molecule has 1 aromatic heterocycles.